The van der Waals surface area contributed by atoms with Crippen LogP contribution in [-0.4, -0.2) is 21.0 Å². The smallest absolute Gasteiger partial charge is 0.337 e. The van der Waals surface area contributed by atoms with Gasteiger partial charge in [0.1, 0.15) is 4.83 Å². The molecular formula is C7H4N2O3S2. The highest BCUT2D eigenvalue weighted by molar-refractivity contribution is 7.71. The summed E-state index contributed by atoms with van der Waals surface area (Å²) in [5.41, 5.74) is -0.472. The molecule has 0 bridgehead atoms. The van der Waals surface area contributed by atoms with E-state index < -0.39 is 11.5 Å². The zero-order chi connectivity index (χ0) is 10.3. The van der Waals surface area contributed by atoms with Crippen LogP contribution in [-0.2, 0) is 0 Å². The molecule has 7 heteroatoms. The topological polar surface area (TPSA) is 85.9 Å². The lowest BCUT2D eigenvalue weighted by Crippen LogP contribution is -2.09. The van der Waals surface area contributed by atoms with Gasteiger partial charge >= 0.3 is 5.97 Å². The second-order valence-electron chi connectivity index (χ2n) is 2.57. The van der Waals surface area contributed by atoms with Gasteiger partial charge in [0.25, 0.3) is 5.56 Å². The highest BCUT2D eigenvalue weighted by Gasteiger charge is 2.13. The van der Waals surface area contributed by atoms with Crippen LogP contribution in [0.5, 0.6) is 0 Å². The number of carboxylic acids is 1. The molecule has 0 saturated heterocycles. The van der Waals surface area contributed by atoms with Crippen LogP contribution in [0, 0.1) is 4.77 Å². The summed E-state index contributed by atoms with van der Waals surface area (Å²) < 4.78 is 0.196. The molecule has 2 heterocycles. The molecule has 0 aliphatic rings. The van der Waals surface area contributed by atoms with Crippen molar-refractivity contribution < 1.29 is 9.90 Å². The van der Waals surface area contributed by atoms with E-state index in [1.54, 1.807) is 0 Å². The Kier molecular flexibility index (Phi) is 1.97. The first-order valence-corrected chi connectivity index (χ1v) is 4.85. The van der Waals surface area contributed by atoms with Gasteiger partial charge in [0.05, 0.1) is 10.9 Å². The van der Waals surface area contributed by atoms with Crippen molar-refractivity contribution in [3.05, 3.63) is 26.1 Å². The standard InChI is InChI=1S/C7H4N2O3S2/c10-4-3-2(6(11)12)1-14-5(3)9-7(13)8-4/h1H,(H,11,12)(H2,8,9,10,13). The van der Waals surface area contributed by atoms with E-state index in [9.17, 15) is 9.59 Å². The summed E-state index contributed by atoms with van der Waals surface area (Å²) in [7, 11) is 0. The fourth-order valence-electron chi connectivity index (χ4n) is 1.13. The van der Waals surface area contributed by atoms with Crippen LogP contribution < -0.4 is 5.56 Å². The molecule has 2 rings (SSSR count). The molecule has 0 aliphatic carbocycles. The number of aromatic carboxylic acids is 1. The number of thiophene rings is 1. The summed E-state index contributed by atoms with van der Waals surface area (Å²) in [5, 5.41) is 10.3. The van der Waals surface area contributed by atoms with Crippen molar-refractivity contribution in [2.24, 2.45) is 0 Å². The van der Waals surface area contributed by atoms with Gasteiger partial charge in [-0.25, -0.2) is 4.79 Å². The zero-order valence-electron chi connectivity index (χ0n) is 6.66. The number of carboxylic acid groups (broad SMARTS) is 1. The van der Waals surface area contributed by atoms with E-state index >= 15 is 0 Å². The molecule has 0 radical (unpaired) electrons. The molecule has 14 heavy (non-hydrogen) atoms. The van der Waals surface area contributed by atoms with E-state index in [1.165, 1.54) is 5.38 Å². The number of rotatable bonds is 1. The molecule has 0 aromatic carbocycles. The summed E-state index contributed by atoms with van der Waals surface area (Å²) in [6.07, 6.45) is 0. The van der Waals surface area contributed by atoms with Crippen molar-refractivity contribution in [3.8, 4) is 0 Å². The van der Waals surface area contributed by atoms with Crippen molar-refractivity contribution in [1.82, 2.24) is 9.97 Å². The van der Waals surface area contributed by atoms with Crippen LogP contribution in [0.2, 0.25) is 0 Å². The molecule has 0 atom stereocenters. The molecule has 0 spiro atoms. The van der Waals surface area contributed by atoms with Gasteiger partial charge in [-0.1, -0.05) is 0 Å². The first-order chi connectivity index (χ1) is 6.59. The SMILES string of the molecule is O=C(O)c1csc2[nH]c(=S)[nH]c(=O)c12. The highest BCUT2D eigenvalue weighted by Crippen LogP contribution is 2.20. The van der Waals surface area contributed by atoms with Gasteiger partial charge in [-0.05, 0) is 12.2 Å². The van der Waals surface area contributed by atoms with Gasteiger partial charge in [-0.15, -0.1) is 11.3 Å². The number of H-pyrrole nitrogens is 2. The van der Waals surface area contributed by atoms with Crippen molar-refractivity contribution >= 4 is 39.7 Å². The van der Waals surface area contributed by atoms with E-state index in [1.807, 2.05) is 0 Å². The number of hydrogen-bond donors (Lipinski definition) is 3. The summed E-state index contributed by atoms with van der Waals surface area (Å²) in [6.45, 7) is 0. The minimum absolute atomic E-state index is 0.00231. The van der Waals surface area contributed by atoms with Gasteiger partial charge in [-0.2, -0.15) is 0 Å². The normalized spacial score (nSPS) is 10.6. The maximum absolute atomic E-state index is 11.4. The summed E-state index contributed by atoms with van der Waals surface area (Å²) in [5.74, 6) is -1.12. The van der Waals surface area contributed by atoms with E-state index in [0.717, 1.165) is 11.3 Å². The lowest BCUT2D eigenvalue weighted by atomic mass is 10.2. The second-order valence-corrected chi connectivity index (χ2v) is 3.85. The quantitative estimate of drug-likeness (QED) is 0.643. The van der Waals surface area contributed by atoms with E-state index in [0.29, 0.717) is 4.83 Å². The molecular weight excluding hydrogens is 224 g/mol. The Morgan fingerprint density at radius 3 is 2.86 bits per heavy atom. The molecule has 5 nitrogen and oxygen atoms in total. The van der Waals surface area contributed by atoms with Gasteiger partial charge in [-0.3, -0.25) is 9.78 Å². The zero-order valence-corrected chi connectivity index (χ0v) is 8.29. The molecule has 0 saturated carbocycles. The van der Waals surface area contributed by atoms with Gasteiger partial charge in [0.2, 0.25) is 0 Å². The molecule has 2 aromatic rings. The molecule has 72 valence electrons. The minimum Gasteiger partial charge on any atom is -0.478 e. The number of aromatic amines is 2. The molecule has 0 aliphatic heterocycles. The lowest BCUT2D eigenvalue weighted by molar-refractivity contribution is 0.0699. The van der Waals surface area contributed by atoms with Gasteiger partial charge in [0, 0.05) is 5.38 Å². The van der Waals surface area contributed by atoms with Crippen molar-refractivity contribution in [3.63, 3.8) is 0 Å². The van der Waals surface area contributed by atoms with Crippen LogP contribution in [0.4, 0.5) is 0 Å². The fraction of sp³-hybridized carbons (Fsp3) is 0. The largest absolute Gasteiger partial charge is 0.478 e. The summed E-state index contributed by atoms with van der Waals surface area (Å²) in [6, 6.07) is 0. The van der Waals surface area contributed by atoms with Crippen LogP contribution in [0.1, 0.15) is 10.4 Å². The van der Waals surface area contributed by atoms with Crippen molar-refractivity contribution in [2.45, 2.75) is 0 Å². The highest BCUT2D eigenvalue weighted by atomic mass is 32.1. The average molecular weight is 228 g/mol. The van der Waals surface area contributed by atoms with Crippen LogP contribution in [0.25, 0.3) is 10.2 Å². The number of carbonyl (C=O) groups is 1. The average Bonchev–Trinajstić information content (AvgIpc) is 2.47. The van der Waals surface area contributed by atoms with E-state index in [-0.39, 0.29) is 15.7 Å². The maximum atomic E-state index is 11.4. The molecule has 3 N–H and O–H groups in total. The third-order valence-electron chi connectivity index (χ3n) is 1.70. The summed E-state index contributed by atoms with van der Waals surface area (Å²) >= 11 is 5.90. The third kappa shape index (κ3) is 1.26. The maximum Gasteiger partial charge on any atom is 0.337 e. The van der Waals surface area contributed by atoms with Gasteiger partial charge in [0.15, 0.2) is 4.77 Å². The number of nitrogens with one attached hydrogen (secondary N) is 2. The predicted molar refractivity (Wildman–Crippen MR) is 54.6 cm³/mol. The first-order valence-electron chi connectivity index (χ1n) is 3.56. The molecule has 0 unspecified atom stereocenters. The van der Waals surface area contributed by atoms with Crippen LogP contribution in [0.15, 0.2) is 10.2 Å². The third-order valence-corrected chi connectivity index (χ3v) is 2.80. The van der Waals surface area contributed by atoms with Crippen molar-refractivity contribution in [2.75, 3.05) is 0 Å². The summed E-state index contributed by atoms with van der Waals surface area (Å²) in [4.78, 5) is 27.7. The molecule has 0 fully saturated rings. The molecule has 2 aromatic heterocycles. The molecule has 0 amide bonds. The Labute approximate surface area is 86.0 Å². The fourth-order valence-corrected chi connectivity index (χ4v) is 2.33. The Balaban J connectivity index is 3.00. The Morgan fingerprint density at radius 2 is 2.21 bits per heavy atom. The van der Waals surface area contributed by atoms with Crippen LogP contribution >= 0.6 is 23.6 Å². The second kappa shape index (κ2) is 3.03. The van der Waals surface area contributed by atoms with E-state index in [2.05, 4.69) is 9.97 Å². The monoisotopic (exact) mass is 228 g/mol. The Morgan fingerprint density at radius 1 is 1.50 bits per heavy atom. The Hall–Kier alpha value is -1.47. The van der Waals surface area contributed by atoms with Crippen molar-refractivity contribution in [1.29, 1.82) is 0 Å². The Bertz CT molecular complexity index is 622. The van der Waals surface area contributed by atoms with E-state index in [4.69, 9.17) is 17.3 Å². The first kappa shape index (κ1) is 9.10. The number of fused-ring (bicyclic) bond motifs is 1. The minimum atomic E-state index is -1.12. The number of hydrogen-bond acceptors (Lipinski definition) is 4. The number of aromatic nitrogens is 2. The predicted octanol–water partition coefficient (Wildman–Crippen LogP) is 1.35. The lowest BCUT2D eigenvalue weighted by Gasteiger charge is -1.91. The van der Waals surface area contributed by atoms with Gasteiger partial charge < -0.3 is 10.1 Å². The van der Waals surface area contributed by atoms with Crippen LogP contribution in [0.3, 0.4) is 0 Å².